The van der Waals surface area contributed by atoms with Gasteiger partial charge in [-0.1, -0.05) is 59.2 Å². The Hall–Kier alpha value is -2.87. The van der Waals surface area contributed by atoms with Crippen LogP contribution in [-0.4, -0.2) is 31.4 Å². The zero-order chi connectivity index (χ0) is 22.7. The number of hydrogen-bond donors (Lipinski definition) is 1. The van der Waals surface area contributed by atoms with Crippen molar-refractivity contribution in [3.05, 3.63) is 82.1 Å². The van der Waals surface area contributed by atoms with Gasteiger partial charge in [0.05, 0.1) is 22.2 Å². The fourth-order valence-corrected chi connectivity index (χ4v) is 4.29. The van der Waals surface area contributed by atoms with E-state index in [0.717, 1.165) is 22.4 Å². The molecule has 1 amide bonds. The van der Waals surface area contributed by atoms with E-state index in [1.807, 2.05) is 48.7 Å². The number of rotatable bonds is 6. The van der Waals surface area contributed by atoms with Gasteiger partial charge >= 0.3 is 0 Å². The number of thioether (sulfide) groups is 1. The summed E-state index contributed by atoms with van der Waals surface area (Å²) in [7, 11) is 0. The van der Waals surface area contributed by atoms with E-state index in [0.29, 0.717) is 21.7 Å². The van der Waals surface area contributed by atoms with Gasteiger partial charge < -0.3 is 5.32 Å². The highest BCUT2D eigenvalue weighted by Crippen LogP contribution is 2.33. The predicted octanol–water partition coefficient (Wildman–Crippen LogP) is 5.98. The van der Waals surface area contributed by atoms with E-state index in [4.69, 9.17) is 23.2 Å². The third kappa shape index (κ3) is 4.80. The summed E-state index contributed by atoms with van der Waals surface area (Å²) in [5, 5.41) is 13.0. The van der Waals surface area contributed by atoms with Crippen molar-refractivity contribution in [3.63, 3.8) is 0 Å². The molecule has 4 rings (SSSR count). The molecule has 2 heterocycles. The van der Waals surface area contributed by atoms with Crippen molar-refractivity contribution in [3.8, 4) is 17.1 Å². The molecule has 0 aliphatic carbocycles. The van der Waals surface area contributed by atoms with E-state index >= 15 is 0 Å². The average molecular weight is 484 g/mol. The normalized spacial score (nSPS) is 10.9. The van der Waals surface area contributed by atoms with Crippen molar-refractivity contribution in [1.29, 1.82) is 0 Å². The van der Waals surface area contributed by atoms with Crippen molar-refractivity contribution in [1.82, 2.24) is 19.7 Å². The molecule has 0 saturated heterocycles. The largest absolute Gasteiger partial charge is 0.323 e. The fraction of sp³-hybridized carbons (Fsp3) is 0.130. The summed E-state index contributed by atoms with van der Waals surface area (Å²) in [6.07, 6.45) is 1.57. The van der Waals surface area contributed by atoms with Gasteiger partial charge in [-0.15, -0.1) is 10.2 Å². The number of amides is 1. The Morgan fingerprint density at radius 1 is 1.06 bits per heavy atom. The van der Waals surface area contributed by atoms with Crippen molar-refractivity contribution in [2.75, 3.05) is 11.1 Å². The molecule has 0 aliphatic heterocycles. The minimum atomic E-state index is -0.222. The van der Waals surface area contributed by atoms with Crippen LogP contribution in [0.5, 0.6) is 0 Å². The van der Waals surface area contributed by atoms with Gasteiger partial charge in [-0.05, 0) is 55.3 Å². The van der Waals surface area contributed by atoms with Crippen LogP contribution < -0.4 is 5.32 Å². The topological polar surface area (TPSA) is 72.7 Å². The van der Waals surface area contributed by atoms with E-state index in [9.17, 15) is 4.79 Å². The van der Waals surface area contributed by atoms with Crippen LogP contribution in [0.1, 0.15) is 11.1 Å². The molecule has 0 aliphatic rings. The molecule has 1 N–H and O–H groups in total. The summed E-state index contributed by atoms with van der Waals surface area (Å²) in [5.41, 5.74) is 4.32. The number of aryl methyl sites for hydroxylation is 2. The second-order valence-corrected chi connectivity index (χ2v) is 8.80. The minimum absolute atomic E-state index is 0.122. The number of anilines is 1. The van der Waals surface area contributed by atoms with Crippen LogP contribution in [0.4, 0.5) is 5.69 Å². The molecule has 162 valence electrons. The van der Waals surface area contributed by atoms with Gasteiger partial charge in [0.1, 0.15) is 0 Å². The number of benzene rings is 2. The van der Waals surface area contributed by atoms with Crippen molar-refractivity contribution < 1.29 is 4.79 Å². The number of nitrogens with zero attached hydrogens (tertiary/aromatic N) is 4. The van der Waals surface area contributed by atoms with Gasteiger partial charge in [-0.2, -0.15) is 0 Å². The first-order chi connectivity index (χ1) is 15.4. The first kappa shape index (κ1) is 22.3. The maximum absolute atomic E-state index is 12.5. The van der Waals surface area contributed by atoms with E-state index in [-0.39, 0.29) is 16.8 Å². The minimum Gasteiger partial charge on any atom is -0.323 e. The van der Waals surface area contributed by atoms with Crippen molar-refractivity contribution in [2.45, 2.75) is 19.0 Å². The highest BCUT2D eigenvalue weighted by atomic mass is 35.5. The lowest BCUT2D eigenvalue weighted by atomic mass is 10.1. The van der Waals surface area contributed by atoms with Gasteiger partial charge in [-0.25, -0.2) is 4.98 Å². The number of nitrogens with one attached hydrogen (secondary N) is 1. The summed E-state index contributed by atoms with van der Waals surface area (Å²) in [6, 6.07) is 17.1. The Morgan fingerprint density at radius 2 is 1.88 bits per heavy atom. The van der Waals surface area contributed by atoms with E-state index in [1.165, 1.54) is 11.8 Å². The molecule has 0 atom stereocenters. The van der Waals surface area contributed by atoms with E-state index in [2.05, 4.69) is 32.6 Å². The Bertz CT molecular complexity index is 1290. The van der Waals surface area contributed by atoms with Crippen LogP contribution in [0.2, 0.25) is 10.2 Å². The summed E-state index contributed by atoms with van der Waals surface area (Å²) < 4.78 is 1.94. The van der Waals surface area contributed by atoms with Gasteiger partial charge in [0.2, 0.25) is 5.91 Å². The van der Waals surface area contributed by atoms with Crippen LogP contribution in [-0.2, 0) is 4.79 Å². The van der Waals surface area contributed by atoms with Crippen LogP contribution in [0.15, 0.2) is 66.0 Å². The van der Waals surface area contributed by atoms with Gasteiger partial charge in [0, 0.05) is 11.8 Å². The molecular weight excluding hydrogens is 465 g/mol. The Kier molecular flexibility index (Phi) is 6.79. The SMILES string of the molecule is Cc1ccc(C)c(-n2c(SCC(=O)Nc3cccnc3Cl)nnc2-c2ccccc2Cl)c1. The number of hydrogen-bond acceptors (Lipinski definition) is 5. The fourth-order valence-electron chi connectivity index (χ4n) is 3.15. The summed E-state index contributed by atoms with van der Waals surface area (Å²) in [5.74, 6) is 0.513. The molecule has 0 saturated carbocycles. The molecule has 2 aromatic heterocycles. The van der Waals surface area contributed by atoms with Crippen molar-refractivity contribution in [2.24, 2.45) is 0 Å². The first-order valence-corrected chi connectivity index (χ1v) is 11.5. The molecule has 0 spiro atoms. The number of halogens is 2. The van der Waals surface area contributed by atoms with Crippen LogP contribution in [0, 0.1) is 13.8 Å². The standard InChI is InChI=1S/C23H19Cl2N5OS/c1-14-9-10-15(2)19(12-14)30-22(16-6-3-4-7-17(16)24)28-29-23(30)32-13-20(31)27-18-8-5-11-26-21(18)25/h3-12H,13H2,1-2H3,(H,27,31). The molecule has 6 nitrogen and oxygen atoms in total. The quantitative estimate of drug-likeness (QED) is 0.269. The number of carbonyl (C=O) groups is 1. The number of carbonyl (C=O) groups excluding carboxylic acids is 1. The summed E-state index contributed by atoms with van der Waals surface area (Å²) in [6.45, 7) is 4.05. The third-order valence-electron chi connectivity index (χ3n) is 4.72. The maximum Gasteiger partial charge on any atom is 0.234 e. The molecule has 0 unspecified atom stereocenters. The predicted molar refractivity (Wildman–Crippen MR) is 130 cm³/mol. The second kappa shape index (κ2) is 9.73. The molecular formula is C23H19Cl2N5OS. The van der Waals surface area contributed by atoms with Crippen LogP contribution >= 0.6 is 35.0 Å². The van der Waals surface area contributed by atoms with E-state index < -0.39 is 0 Å². The summed E-state index contributed by atoms with van der Waals surface area (Å²) >= 11 is 13.8. The molecule has 0 radical (unpaired) electrons. The molecule has 0 fully saturated rings. The van der Waals surface area contributed by atoms with Gasteiger partial charge in [0.15, 0.2) is 16.1 Å². The lowest BCUT2D eigenvalue weighted by molar-refractivity contribution is -0.113. The zero-order valence-electron chi connectivity index (χ0n) is 17.3. The molecule has 4 aromatic rings. The lowest BCUT2D eigenvalue weighted by Gasteiger charge is -2.14. The third-order valence-corrected chi connectivity index (χ3v) is 6.28. The molecule has 9 heteroatoms. The smallest absolute Gasteiger partial charge is 0.234 e. The molecule has 2 aromatic carbocycles. The monoisotopic (exact) mass is 483 g/mol. The zero-order valence-corrected chi connectivity index (χ0v) is 19.7. The Morgan fingerprint density at radius 3 is 2.66 bits per heavy atom. The molecule has 0 bridgehead atoms. The highest BCUT2D eigenvalue weighted by molar-refractivity contribution is 7.99. The summed E-state index contributed by atoms with van der Waals surface area (Å²) in [4.78, 5) is 16.5. The van der Waals surface area contributed by atoms with Crippen LogP contribution in [0.3, 0.4) is 0 Å². The van der Waals surface area contributed by atoms with E-state index in [1.54, 1.807) is 18.3 Å². The first-order valence-electron chi connectivity index (χ1n) is 9.75. The molecule has 32 heavy (non-hydrogen) atoms. The highest BCUT2D eigenvalue weighted by Gasteiger charge is 2.20. The number of pyridine rings is 1. The van der Waals surface area contributed by atoms with Crippen molar-refractivity contribution >= 4 is 46.6 Å². The second-order valence-electron chi connectivity index (χ2n) is 7.09. The van der Waals surface area contributed by atoms with Gasteiger partial charge in [0.25, 0.3) is 0 Å². The Labute approximate surface area is 200 Å². The lowest BCUT2D eigenvalue weighted by Crippen LogP contribution is -2.15. The Balaban J connectivity index is 1.68. The maximum atomic E-state index is 12.5. The van der Waals surface area contributed by atoms with Gasteiger partial charge in [-0.3, -0.25) is 9.36 Å². The van der Waals surface area contributed by atoms with Crippen LogP contribution in [0.25, 0.3) is 17.1 Å². The number of aromatic nitrogens is 4. The average Bonchev–Trinajstić information content (AvgIpc) is 3.19.